The topological polar surface area (TPSA) is 50.2 Å². The van der Waals surface area contributed by atoms with Gasteiger partial charge < -0.3 is 14.8 Å². The second kappa shape index (κ2) is 5.95. The maximum absolute atomic E-state index is 12.5. The molecule has 1 atom stereocenters. The van der Waals surface area contributed by atoms with E-state index < -0.39 is 0 Å². The zero-order chi connectivity index (χ0) is 14.9. The van der Waals surface area contributed by atoms with Crippen LogP contribution in [-0.2, 0) is 17.8 Å². The lowest BCUT2D eigenvalue weighted by atomic mass is 10.1. The van der Waals surface area contributed by atoms with Crippen molar-refractivity contribution >= 4 is 5.91 Å². The summed E-state index contributed by atoms with van der Waals surface area (Å²) >= 11 is 0. The van der Waals surface area contributed by atoms with Crippen molar-refractivity contribution < 1.29 is 4.79 Å². The minimum absolute atomic E-state index is 0.160. The Balaban J connectivity index is 2.43. The number of hydrogen-bond donors (Lipinski definition) is 1. The molecule has 112 valence electrons. The molecule has 1 aliphatic rings. The number of imidazole rings is 1. The van der Waals surface area contributed by atoms with Gasteiger partial charge in [-0.15, -0.1) is 0 Å². The van der Waals surface area contributed by atoms with Crippen molar-refractivity contribution in [2.24, 2.45) is 0 Å². The van der Waals surface area contributed by atoms with E-state index in [-0.39, 0.29) is 11.9 Å². The molecule has 5 heteroatoms. The van der Waals surface area contributed by atoms with Crippen LogP contribution in [0.1, 0.15) is 56.9 Å². The normalized spacial score (nSPS) is 16.1. The quantitative estimate of drug-likeness (QED) is 0.912. The minimum atomic E-state index is -0.174. The van der Waals surface area contributed by atoms with Crippen LogP contribution in [-0.4, -0.2) is 40.5 Å². The summed E-state index contributed by atoms with van der Waals surface area (Å²) in [4.78, 5) is 19.0. The molecule has 0 saturated carbocycles. The van der Waals surface area contributed by atoms with Gasteiger partial charge in [0.2, 0.25) is 5.91 Å². The number of fused-ring (bicyclic) bond motifs is 1. The summed E-state index contributed by atoms with van der Waals surface area (Å²) in [5.41, 5.74) is 2.34. The average molecular weight is 278 g/mol. The monoisotopic (exact) mass is 278 g/mol. The summed E-state index contributed by atoms with van der Waals surface area (Å²) in [7, 11) is 1.86. The second-order valence-electron chi connectivity index (χ2n) is 5.84. The van der Waals surface area contributed by atoms with Crippen LogP contribution in [0.2, 0.25) is 0 Å². The first-order valence-corrected chi connectivity index (χ1v) is 7.52. The van der Waals surface area contributed by atoms with Crippen LogP contribution < -0.4 is 5.32 Å². The third-order valence-corrected chi connectivity index (χ3v) is 4.06. The molecule has 1 N–H and O–H groups in total. The predicted octanol–water partition coefficient (Wildman–Crippen LogP) is 1.69. The van der Waals surface area contributed by atoms with E-state index in [4.69, 9.17) is 4.98 Å². The van der Waals surface area contributed by atoms with E-state index in [0.29, 0.717) is 5.92 Å². The van der Waals surface area contributed by atoms with E-state index in [1.807, 2.05) is 20.9 Å². The molecule has 1 aliphatic heterocycles. The number of rotatable bonds is 4. The van der Waals surface area contributed by atoms with Crippen LogP contribution in [0, 0.1) is 0 Å². The number of nitrogens with one attached hydrogen (secondary N) is 1. The molecule has 20 heavy (non-hydrogen) atoms. The van der Waals surface area contributed by atoms with Crippen LogP contribution in [0.5, 0.6) is 0 Å². The van der Waals surface area contributed by atoms with Gasteiger partial charge in [0.25, 0.3) is 0 Å². The number of carbonyl (C=O) groups excluding carboxylic acids is 1. The number of aromatic nitrogens is 2. The summed E-state index contributed by atoms with van der Waals surface area (Å²) in [5, 5.41) is 3.35. The summed E-state index contributed by atoms with van der Waals surface area (Å²) in [6, 6.07) is -0.174. The summed E-state index contributed by atoms with van der Waals surface area (Å²) < 4.78 is 2.18. The van der Waals surface area contributed by atoms with Gasteiger partial charge >= 0.3 is 0 Å². The molecule has 0 radical (unpaired) electrons. The van der Waals surface area contributed by atoms with Crippen LogP contribution in [0.25, 0.3) is 0 Å². The third kappa shape index (κ3) is 2.59. The minimum Gasteiger partial charge on any atom is -0.344 e. The number of amides is 1. The average Bonchev–Trinajstić information content (AvgIpc) is 2.84. The molecule has 0 aliphatic carbocycles. The van der Waals surface area contributed by atoms with Gasteiger partial charge in [-0.3, -0.25) is 4.79 Å². The zero-order valence-corrected chi connectivity index (χ0v) is 13.2. The number of nitrogens with zero attached hydrogens (tertiary/aromatic N) is 3. The molecular formula is C15H26N4O. The molecule has 0 fully saturated rings. The lowest BCUT2D eigenvalue weighted by Crippen LogP contribution is -2.35. The van der Waals surface area contributed by atoms with Gasteiger partial charge in [0.15, 0.2) is 0 Å². The van der Waals surface area contributed by atoms with Crippen molar-refractivity contribution in [3.05, 3.63) is 17.2 Å². The lowest BCUT2D eigenvalue weighted by molar-refractivity contribution is -0.132. The van der Waals surface area contributed by atoms with Crippen molar-refractivity contribution in [3.8, 4) is 0 Å². The van der Waals surface area contributed by atoms with Crippen LogP contribution in [0.15, 0.2) is 0 Å². The van der Waals surface area contributed by atoms with Gasteiger partial charge in [-0.1, -0.05) is 13.8 Å². The Morgan fingerprint density at radius 1 is 1.45 bits per heavy atom. The van der Waals surface area contributed by atoms with Gasteiger partial charge in [-0.2, -0.15) is 0 Å². The summed E-state index contributed by atoms with van der Waals surface area (Å²) in [5.74, 6) is 1.51. The molecule has 2 rings (SSSR count). The molecule has 0 spiro atoms. The van der Waals surface area contributed by atoms with E-state index in [0.717, 1.165) is 37.6 Å². The maximum atomic E-state index is 12.5. The highest BCUT2D eigenvalue weighted by Crippen LogP contribution is 2.26. The zero-order valence-electron chi connectivity index (χ0n) is 13.2. The molecule has 0 bridgehead atoms. The molecule has 1 aromatic heterocycles. The standard InChI is InChI=1S/C15H26N4O/c1-6-18(5)15(20)11(4)19-13-7-8-16-9-12(13)17-14(19)10(2)3/h10-11,16H,6-9H2,1-5H3. The van der Waals surface area contributed by atoms with Gasteiger partial charge in [0, 0.05) is 44.7 Å². The first kappa shape index (κ1) is 15.0. The van der Waals surface area contributed by atoms with Gasteiger partial charge in [0.05, 0.1) is 5.69 Å². The van der Waals surface area contributed by atoms with Gasteiger partial charge in [-0.05, 0) is 13.8 Å². The first-order chi connectivity index (χ1) is 9.47. The fourth-order valence-corrected chi connectivity index (χ4v) is 2.78. The highest BCUT2D eigenvalue weighted by molar-refractivity contribution is 5.80. The largest absolute Gasteiger partial charge is 0.344 e. The second-order valence-corrected chi connectivity index (χ2v) is 5.84. The van der Waals surface area contributed by atoms with E-state index in [1.165, 1.54) is 5.69 Å². The Bertz CT molecular complexity index is 492. The van der Waals surface area contributed by atoms with Crippen LogP contribution in [0.4, 0.5) is 0 Å². The van der Waals surface area contributed by atoms with E-state index in [2.05, 4.69) is 23.7 Å². The van der Waals surface area contributed by atoms with E-state index >= 15 is 0 Å². The molecule has 1 unspecified atom stereocenters. The summed E-state index contributed by atoms with van der Waals surface area (Å²) in [6.07, 6.45) is 0.947. The lowest BCUT2D eigenvalue weighted by Gasteiger charge is -2.25. The fraction of sp³-hybridized carbons (Fsp3) is 0.733. The Hall–Kier alpha value is -1.36. The van der Waals surface area contributed by atoms with Crippen molar-refractivity contribution in [2.45, 2.75) is 52.6 Å². The Labute approximate surface area is 121 Å². The predicted molar refractivity (Wildman–Crippen MR) is 79.7 cm³/mol. The van der Waals surface area contributed by atoms with E-state index in [9.17, 15) is 4.79 Å². The smallest absolute Gasteiger partial charge is 0.245 e. The van der Waals surface area contributed by atoms with Crippen molar-refractivity contribution in [1.29, 1.82) is 0 Å². The highest BCUT2D eigenvalue weighted by Gasteiger charge is 2.28. The summed E-state index contributed by atoms with van der Waals surface area (Å²) in [6.45, 7) is 10.8. The molecule has 0 saturated heterocycles. The number of hydrogen-bond acceptors (Lipinski definition) is 3. The first-order valence-electron chi connectivity index (χ1n) is 7.52. The molecule has 1 amide bonds. The van der Waals surface area contributed by atoms with Gasteiger partial charge in [0.1, 0.15) is 11.9 Å². The third-order valence-electron chi connectivity index (χ3n) is 4.06. The van der Waals surface area contributed by atoms with Crippen molar-refractivity contribution in [2.75, 3.05) is 20.1 Å². The molecule has 5 nitrogen and oxygen atoms in total. The van der Waals surface area contributed by atoms with Crippen molar-refractivity contribution in [1.82, 2.24) is 19.8 Å². The van der Waals surface area contributed by atoms with Crippen LogP contribution >= 0.6 is 0 Å². The highest BCUT2D eigenvalue weighted by atomic mass is 16.2. The Kier molecular flexibility index (Phi) is 4.48. The number of likely N-dealkylation sites (N-methyl/N-ethyl adjacent to an activating group) is 1. The van der Waals surface area contributed by atoms with Crippen LogP contribution in [0.3, 0.4) is 0 Å². The molecular weight excluding hydrogens is 252 g/mol. The Morgan fingerprint density at radius 3 is 2.75 bits per heavy atom. The van der Waals surface area contributed by atoms with E-state index in [1.54, 1.807) is 4.90 Å². The molecule has 1 aromatic rings. The molecule has 0 aromatic carbocycles. The molecule has 2 heterocycles. The maximum Gasteiger partial charge on any atom is 0.245 e. The SMILES string of the molecule is CCN(C)C(=O)C(C)n1c(C(C)C)nc2c1CCNC2. The fourth-order valence-electron chi connectivity index (χ4n) is 2.78. The van der Waals surface area contributed by atoms with Gasteiger partial charge in [-0.25, -0.2) is 4.98 Å². The van der Waals surface area contributed by atoms with Crippen molar-refractivity contribution in [3.63, 3.8) is 0 Å². The number of carbonyl (C=O) groups is 1. The Morgan fingerprint density at radius 2 is 2.15 bits per heavy atom.